The first-order chi connectivity index (χ1) is 11.0. The molecule has 1 aliphatic heterocycles. The molecule has 122 valence electrons. The van der Waals surface area contributed by atoms with Crippen LogP contribution in [0.2, 0.25) is 10.0 Å². The summed E-state index contributed by atoms with van der Waals surface area (Å²) in [6.07, 6.45) is 5.27. The Morgan fingerprint density at radius 1 is 1.30 bits per heavy atom. The van der Waals surface area contributed by atoms with E-state index in [1.54, 1.807) is 35.3 Å². The summed E-state index contributed by atoms with van der Waals surface area (Å²) in [6, 6.07) is 4.25. The van der Waals surface area contributed by atoms with E-state index in [9.17, 15) is 9.90 Å². The number of piperidine rings is 1. The third-order valence-electron chi connectivity index (χ3n) is 4.04. The van der Waals surface area contributed by atoms with E-state index in [1.165, 1.54) is 0 Å². The van der Waals surface area contributed by atoms with Gasteiger partial charge in [0.05, 0.1) is 12.2 Å². The molecule has 23 heavy (non-hydrogen) atoms. The van der Waals surface area contributed by atoms with Crippen molar-refractivity contribution in [1.82, 2.24) is 19.9 Å². The minimum absolute atomic E-state index is 0.114. The Morgan fingerprint density at radius 2 is 2.04 bits per heavy atom. The molecule has 2 aromatic rings. The average molecular weight is 355 g/mol. The van der Waals surface area contributed by atoms with E-state index >= 15 is 0 Å². The molecule has 0 spiro atoms. The molecule has 1 fully saturated rings. The van der Waals surface area contributed by atoms with Crippen LogP contribution in [0.1, 0.15) is 30.5 Å². The van der Waals surface area contributed by atoms with Gasteiger partial charge in [-0.05, 0) is 43.1 Å². The van der Waals surface area contributed by atoms with Crippen LogP contribution in [0.3, 0.4) is 0 Å². The summed E-state index contributed by atoms with van der Waals surface area (Å²) in [5.74, 6) is -0.914. The molecule has 0 bridgehead atoms. The number of likely N-dealkylation sites (tertiary alicyclic amines) is 1. The molecule has 0 saturated carbocycles. The fourth-order valence-corrected chi connectivity index (χ4v) is 3.63. The van der Waals surface area contributed by atoms with Crippen molar-refractivity contribution in [2.45, 2.75) is 24.9 Å². The van der Waals surface area contributed by atoms with E-state index < -0.39 is 12.0 Å². The first-order valence-corrected chi connectivity index (χ1v) is 8.09. The third-order valence-corrected chi connectivity index (χ3v) is 4.48. The van der Waals surface area contributed by atoms with Crippen LogP contribution in [0.4, 0.5) is 0 Å². The summed E-state index contributed by atoms with van der Waals surface area (Å²) in [5.41, 5.74) is 0.592. The molecule has 2 unspecified atom stereocenters. The highest BCUT2D eigenvalue weighted by atomic mass is 35.5. The number of aliphatic carboxylic acids is 1. The van der Waals surface area contributed by atoms with E-state index in [0.717, 1.165) is 12.8 Å². The van der Waals surface area contributed by atoms with Crippen LogP contribution < -0.4 is 0 Å². The molecule has 3 rings (SSSR count). The van der Waals surface area contributed by atoms with Crippen LogP contribution in [-0.4, -0.2) is 44.1 Å². The van der Waals surface area contributed by atoms with Gasteiger partial charge in [0.15, 0.2) is 0 Å². The molecule has 1 aliphatic rings. The normalized spacial score (nSPS) is 20.3. The third kappa shape index (κ3) is 3.65. The summed E-state index contributed by atoms with van der Waals surface area (Å²) in [5, 5.41) is 18.4. The van der Waals surface area contributed by atoms with Gasteiger partial charge in [-0.25, -0.2) is 4.68 Å². The molecule has 0 aliphatic carbocycles. The molecule has 1 saturated heterocycles. The van der Waals surface area contributed by atoms with Gasteiger partial charge in [-0.1, -0.05) is 28.4 Å². The molecule has 1 N–H and O–H groups in total. The van der Waals surface area contributed by atoms with Crippen molar-refractivity contribution in [1.29, 1.82) is 0 Å². The second-order valence-electron chi connectivity index (χ2n) is 5.62. The highest BCUT2D eigenvalue weighted by molar-refractivity contribution is 6.34. The Balaban J connectivity index is 1.87. The Labute approximate surface area is 143 Å². The maximum absolute atomic E-state index is 11.9. The number of benzene rings is 1. The zero-order chi connectivity index (χ0) is 16.4. The van der Waals surface area contributed by atoms with Gasteiger partial charge >= 0.3 is 5.97 Å². The van der Waals surface area contributed by atoms with Crippen molar-refractivity contribution in [3.63, 3.8) is 0 Å². The van der Waals surface area contributed by atoms with Gasteiger partial charge in [0.1, 0.15) is 6.04 Å². The summed E-state index contributed by atoms with van der Waals surface area (Å²) in [7, 11) is 0. The summed E-state index contributed by atoms with van der Waals surface area (Å²) in [6.45, 7) is 1.29. The monoisotopic (exact) mass is 354 g/mol. The average Bonchev–Trinajstić information content (AvgIpc) is 3.00. The lowest BCUT2D eigenvalue weighted by Gasteiger charge is -2.36. The Kier molecular flexibility index (Phi) is 4.84. The van der Waals surface area contributed by atoms with Crippen LogP contribution >= 0.6 is 23.2 Å². The predicted molar refractivity (Wildman–Crippen MR) is 86.7 cm³/mol. The number of nitrogens with zero attached hydrogens (tertiary/aromatic N) is 4. The van der Waals surface area contributed by atoms with Gasteiger partial charge in [-0.2, -0.15) is 0 Å². The maximum atomic E-state index is 11.9. The van der Waals surface area contributed by atoms with E-state index in [2.05, 4.69) is 10.3 Å². The van der Waals surface area contributed by atoms with Crippen molar-refractivity contribution >= 4 is 29.2 Å². The molecule has 0 amide bonds. The summed E-state index contributed by atoms with van der Waals surface area (Å²) >= 11 is 12.1. The lowest BCUT2D eigenvalue weighted by Crippen LogP contribution is -2.42. The summed E-state index contributed by atoms with van der Waals surface area (Å²) < 4.78 is 1.79. The number of carboxylic acid groups (broad SMARTS) is 1. The van der Waals surface area contributed by atoms with Crippen molar-refractivity contribution in [3.05, 3.63) is 46.2 Å². The standard InChI is InChI=1S/C15H16Cl2N4O2/c16-11-6-10(7-12(17)8-11)14(15(22)23)20-4-1-2-13(9-20)21-5-3-18-19-21/h3,5-8,13-14H,1-2,4,9H2,(H,22,23). The largest absolute Gasteiger partial charge is 0.480 e. The highest BCUT2D eigenvalue weighted by Gasteiger charge is 2.32. The minimum Gasteiger partial charge on any atom is -0.480 e. The van der Waals surface area contributed by atoms with E-state index in [1.807, 2.05) is 4.90 Å². The number of rotatable bonds is 4. The number of hydrogen-bond acceptors (Lipinski definition) is 4. The van der Waals surface area contributed by atoms with Gasteiger partial charge in [0.2, 0.25) is 0 Å². The fraction of sp³-hybridized carbons (Fsp3) is 0.400. The number of carbonyl (C=O) groups is 1. The number of halogens is 2. The van der Waals surface area contributed by atoms with Crippen molar-refractivity contribution in [2.24, 2.45) is 0 Å². The minimum atomic E-state index is -0.914. The van der Waals surface area contributed by atoms with Gasteiger partial charge in [0.25, 0.3) is 0 Å². The van der Waals surface area contributed by atoms with Crippen molar-refractivity contribution < 1.29 is 9.90 Å². The molecule has 2 atom stereocenters. The zero-order valence-corrected chi connectivity index (χ0v) is 13.8. The highest BCUT2D eigenvalue weighted by Crippen LogP contribution is 2.31. The van der Waals surface area contributed by atoms with E-state index in [4.69, 9.17) is 23.2 Å². The number of aromatic nitrogens is 3. The number of carboxylic acids is 1. The maximum Gasteiger partial charge on any atom is 0.325 e. The van der Waals surface area contributed by atoms with Gasteiger partial charge in [0, 0.05) is 22.8 Å². The van der Waals surface area contributed by atoms with Crippen LogP contribution in [0.15, 0.2) is 30.6 Å². The Hall–Kier alpha value is -1.63. The quantitative estimate of drug-likeness (QED) is 0.913. The Bertz CT molecular complexity index is 673. The van der Waals surface area contributed by atoms with Crippen molar-refractivity contribution in [3.8, 4) is 0 Å². The zero-order valence-electron chi connectivity index (χ0n) is 12.3. The molecule has 6 nitrogen and oxygen atoms in total. The van der Waals surface area contributed by atoms with Crippen molar-refractivity contribution in [2.75, 3.05) is 13.1 Å². The number of hydrogen-bond donors (Lipinski definition) is 1. The molecule has 2 heterocycles. The first kappa shape index (κ1) is 16.2. The topological polar surface area (TPSA) is 71.2 Å². The van der Waals surface area contributed by atoms with Gasteiger partial charge in [-0.15, -0.1) is 5.10 Å². The van der Waals surface area contributed by atoms with Gasteiger partial charge < -0.3 is 5.11 Å². The first-order valence-electron chi connectivity index (χ1n) is 7.33. The van der Waals surface area contributed by atoms with E-state index in [-0.39, 0.29) is 6.04 Å². The SMILES string of the molecule is O=C(O)C(c1cc(Cl)cc(Cl)c1)N1CCCC(n2ccnn2)C1. The second-order valence-corrected chi connectivity index (χ2v) is 6.49. The Morgan fingerprint density at radius 3 is 2.65 bits per heavy atom. The lowest BCUT2D eigenvalue weighted by atomic mass is 9.99. The molecule has 1 aromatic carbocycles. The molecular formula is C15H16Cl2N4O2. The molecule has 1 aromatic heterocycles. The van der Waals surface area contributed by atoms with Crippen LogP contribution in [0.25, 0.3) is 0 Å². The molecule has 0 radical (unpaired) electrons. The van der Waals surface area contributed by atoms with Crippen LogP contribution in [0, 0.1) is 0 Å². The lowest BCUT2D eigenvalue weighted by molar-refractivity contribution is -0.144. The summed E-state index contributed by atoms with van der Waals surface area (Å²) in [4.78, 5) is 13.8. The second kappa shape index (κ2) is 6.86. The molecule has 8 heteroatoms. The molecular weight excluding hydrogens is 339 g/mol. The van der Waals surface area contributed by atoms with E-state index in [0.29, 0.717) is 28.7 Å². The predicted octanol–water partition coefficient (Wildman–Crippen LogP) is 3.05. The van der Waals surface area contributed by atoms with Crippen LogP contribution in [0.5, 0.6) is 0 Å². The smallest absolute Gasteiger partial charge is 0.325 e. The van der Waals surface area contributed by atoms with Crippen LogP contribution in [-0.2, 0) is 4.79 Å². The fourth-order valence-electron chi connectivity index (χ4n) is 3.09. The van der Waals surface area contributed by atoms with Gasteiger partial charge in [-0.3, -0.25) is 9.69 Å².